The van der Waals surface area contributed by atoms with E-state index >= 15 is 0 Å². The third-order valence-corrected chi connectivity index (χ3v) is 25.0. The van der Waals surface area contributed by atoms with Crippen molar-refractivity contribution in [2.45, 2.75) is 163 Å². The highest BCUT2D eigenvalue weighted by Gasteiger charge is 2.52. The summed E-state index contributed by atoms with van der Waals surface area (Å²) >= 11 is 11.6. The molecule has 0 unspecified atom stereocenters. The summed E-state index contributed by atoms with van der Waals surface area (Å²) in [4.78, 5) is 41.2. The molecule has 5 saturated heterocycles. The second kappa shape index (κ2) is 38.8. The van der Waals surface area contributed by atoms with Crippen molar-refractivity contribution >= 4 is 102 Å². The standard InChI is InChI=1S/C18H18ClFN4O3.C18H19ClN4O3.C18H17F2N3O4.C18H19FN4O3.C17H16F2N4O4/c1-8-13(25)15(14(26)9-2-3-11(19)12(20)6-9)27-18(8)24-5-4-10-16(21)22-7-23-17(10)24;1-9-13(24)15(14(25)10-2-4-11(19)5-3-10)26-18(9)23-7-6-12-16(20)21-8-22-17(12)23;1-8-10-4-5-23(17(10)22-7-21-8)18-15(26)14(25)16(27-18)13(24)9-2-3-11(19)12(20)6-9;1-9-13(24)15(14(25)10-2-4-11(19)5-3-10)26-18(9)23-7-6-12-16(20)21-8-22-17(12)23;18-8-2-1-7(5-9(8)19)12(24)15-13(25)14(26)17(27-15)23-6-22-11-10(20)3-4-21-16(11)23/h2-8,13-15,18,25-26H,1H3,(H2,21,22,23);2-9,13-15,18,24-25H,1H3,(H2,20,21,22);2-7,13-16,18,24-26H,1H3;2-9,13-15,18,24-25H,1H3,(H2,20,21,22);1-6,12-15,17,24-26H,(H2,20,21)/t8-,13+,14-,15+,18-;9-,13+,14-,15+,18-;13-,14+,15-,16-,18-;9-,13+,14-,15+,18-;12-,13+,14-,15-,17-/m11111/s1. The van der Waals surface area contributed by atoms with Gasteiger partial charge in [0, 0.05) is 59.1 Å². The van der Waals surface area contributed by atoms with Crippen LogP contribution in [0.1, 0.15) is 116 Å². The fraction of sp³-hybridized carbons (Fsp3) is 0.326. The summed E-state index contributed by atoms with van der Waals surface area (Å²) in [6, 6.07) is 30.8. The van der Waals surface area contributed by atoms with Crippen LogP contribution in [0.15, 0.2) is 196 Å². The summed E-state index contributed by atoms with van der Waals surface area (Å²) in [7, 11) is 0. The van der Waals surface area contributed by atoms with E-state index in [1.807, 2.05) is 31.4 Å². The van der Waals surface area contributed by atoms with Gasteiger partial charge in [0.25, 0.3) is 0 Å². The fourth-order valence-corrected chi connectivity index (χ4v) is 17.2. The SMILES string of the molecule is C[C@@H]1[C@H](O)[C@@H]([C@H](O)c2ccc(Cl)c(F)c2)O[C@H]1n1ccc2c(N)ncnc21.C[C@@H]1[C@H](O)[C@@H]([C@H](O)c2ccc(Cl)cc2)O[C@H]1n1ccc2c(N)ncnc21.C[C@@H]1[C@H](O)[C@@H]([C@H](O)c2ccc(F)cc2)O[C@H]1n1ccc2c(N)ncnc21.Cc1ncnc2c1ccn2[C@@H]1O[C@H]([C@H](O)c2ccc(F)c(F)c2)[C@@H](O)[C@H]1O.Nc1ccnc2c1ncn2[C@@H]1O[C@H]([C@H](O)c2ccc(F)c(F)c2)[C@@H](O)[C@H]1O. The molecule has 5 fully saturated rings. The third kappa shape index (κ3) is 18.3. The van der Waals surface area contributed by atoms with Crippen LogP contribution in [0.25, 0.3) is 55.3 Å². The number of anilines is 4. The fourth-order valence-electron chi connectivity index (χ4n) is 17.0. The molecule has 36 nitrogen and oxygen atoms in total. The van der Waals surface area contributed by atoms with Gasteiger partial charge in [-0.3, -0.25) is 4.57 Å². The van der Waals surface area contributed by atoms with Gasteiger partial charge in [0.1, 0.15) is 187 Å². The van der Waals surface area contributed by atoms with E-state index < -0.39 is 170 Å². The number of nitrogens with zero attached hydrogens (tertiary/aromatic N) is 15. The predicted octanol–water partition coefficient (Wildman–Crippen LogP) is 8.52. The van der Waals surface area contributed by atoms with Gasteiger partial charge >= 0.3 is 0 Å². The highest BCUT2D eigenvalue weighted by Crippen LogP contribution is 2.47. The molecule has 0 radical (unpaired) electrons. The van der Waals surface area contributed by atoms with E-state index in [4.69, 9.17) is 69.8 Å². The smallest absolute Gasteiger partial charge is 0.165 e. The minimum Gasteiger partial charge on any atom is -0.397 e. The molecule has 15 heterocycles. The number of rotatable bonds is 15. The van der Waals surface area contributed by atoms with Crippen molar-refractivity contribution in [2.75, 3.05) is 22.9 Å². The molecule has 20 N–H and O–H groups in total. The minimum absolute atomic E-state index is 0.00339. The van der Waals surface area contributed by atoms with Gasteiger partial charge < -0.3 is 126 Å². The predicted molar refractivity (Wildman–Crippen MR) is 466 cm³/mol. The monoisotopic (exact) mass is 1880 g/mol. The van der Waals surface area contributed by atoms with Crippen LogP contribution in [0, 0.1) is 59.6 Å². The Kier molecular flexibility index (Phi) is 27.5. The van der Waals surface area contributed by atoms with Gasteiger partial charge in [0.15, 0.2) is 41.4 Å². The second-order valence-electron chi connectivity index (χ2n) is 32.6. The number of aliphatic hydroxyl groups is 12. The first-order valence-corrected chi connectivity index (χ1v) is 42.2. The van der Waals surface area contributed by atoms with E-state index in [0.717, 1.165) is 46.8 Å². The summed E-state index contributed by atoms with van der Waals surface area (Å²) in [5, 5.41) is 130. The lowest BCUT2D eigenvalue weighted by molar-refractivity contribution is -0.0850. The first kappa shape index (κ1) is 94.1. The Hall–Kier alpha value is -12.1. The molecule has 0 aliphatic carbocycles. The Balaban J connectivity index is 0.000000121. The quantitative estimate of drug-likeness (QED) is 0.0427. The molecular weight excluding hydrogens is 1790 g/mol. The highest BCUT2D eigenvalue weighted by atomic mass is 35.5. The number of benzene rings is 5. The Labute approximate surface area is 759 Å². The van der Waals surface area contributed by atoms with E-state index in [2.05, 4.69) is 49.8 Å². The zero-order valence-corrected chi connectivity index (χ0v) is 71.9. The number of aromatic nitrogens is 15. The van der Waals surface area contributed by atoms with Crippen LogP contribution in [0.2, 0.25) is 10.0 Å². The molecule has 0 bridgehead atoms. The normalized spacial score (nSPS) is 26.8. The van der Waals surface area contributed by atoms with Gasteiger partial charge in [-0.2, -0.15) is 0 Å². The lowest BCUT2D eigenvalue weighted by atomic mass is 9.95. The topological polar surface area (TPSA) is 547 Å². The average molecular weight is 1880 g/mol. The summed E-state index contributed by atoms with van der Waals surface area (Å²) in [6.07, 6.45) is -8.22. The number of aryl methyl sites for hydroxylation is 1. The van der Waals surface area contributed by atoms with Crippen LogP contribution < -0.4 is 22.9 Å². The molecule has 10 aromatic heterocycles. The Morgan fingerprint density at radius 1 is 0.331 bits per heavy atom. The van der Waals surface area contributed by atoms with Crippen molar-refractivity contribution in [2.24, 2.45) is 17.8 Å². The Morgan fingerprint density at radius 2 is 0.662 bits per heavy atom. The zero-order chi connectivity index (χ0) is 94.7. The summed E-state index contributed by atoms with van der Waals surface area (Å²) < 4.78 is 118. The zero-order valence-electron chi connectivity index (χ0n) is 70.4. The van der Waals surface area contributed by atoms with Crippen LogP contribution >= 0.6 is 23.2 Å². The van der Waals surface area contributed by atoms with Gasteiger partial charge in [0.05, 0.1) is 57.2 Å². The summed E-state index contributed by atoms with van der Waals surface area (Å²) in [5.41, 5.74) is 29.0. The van der Waals surface area contributed by atoms with Crippen LogP contribution in [-0.2, 0) is 23.7 Å². The van der Waals surface area contributed by atoms with E-state index in [9.17, 15) is 87.6 Å². The molecule has 5 aliphatic rings. The van der Waals surface area contributed by atoms with Crippen molar-refractivity contribution in [3.05, 3.63) is 275 Å². The van der Waals surface area contributed by atoms with Crippen LogP contribution in [-0.4, -0.2) is 207 Å². The number of imidazole rings is 1. The van der Waals surface area contributed by atoms with Crippen LogP contribution in [0.5, 0.6) is 0 Å². The average Bonchev–Trinajstić information content (AvgIpc) is 1.63. The third-order valence-electron chi connectivity index (χ3n) is 24.4. The molecule has 15 aromatic rings. The van der Waals surface area contributed by atoms with Gasteiger partial charge in [-0.15, -0.1) is 0 Å². The summed E-state index contributed by atoms with van der Waals surface area (Å²) in [6.45, 7) is 7.33. The van der Waals surface area contributed by atoms with Crippen molar-refractivity contribution in [1.82, 2.24) is 72.7 Å². The molecule has 698 valence electrons. The van der Waals surface area contributed by atoms with Gasteiger partial charge in [0.2, 0.25) is 0 Å². The van der Waals surface area contributed by atoms with E-state index in [0.29, 0.717) is 83.8 Å². The first-order valence-electron chi connectivity index (χ1n) is 41.4. The van der Waals surface area contributed by atoms with Crippen molar-refractivity contribution in [1.29, 1.82) is 0 Å². The molecular formula is C89H89Cl2F6N19O17. The van der Waals surface area contributed by atoms with Gasteiger partial charge in [-0.1, -0.05) is 86.4 Å². The molecule has 0 spiro atoms. The van der Waals surface area contributed by atoms with Gasteiger partial charge in [-0.05, 0) is 126 Å². The number of hydrogen-bond acceptors (Lipinski definition) is 31. The number of pyridine rings is 1. The lowest BCUT2D eigenvalue weighted by Crippen LogP contribution is -2.34. The number of fused-ring (bicyclic) bond motifs is 5. The number of halogens is 8. The second-order valence-corrected chi connectivity index (χ2v) is 33.5. The Bertz CT molecular complexity index is 6150. The van der Waals surface area contributed by atoms with E-state index in [-0.39, 0.29) is 39.5 Å². The van der Waals surface area contributed by atoms with Crippen LogP contribution in [0.3, 0.4) is 0 Å². The molecule has 25 atom stereocenters. The summed E-state index contributed by atoms with van der Waals surface area (Å²) in [5.74, 6) is -5.24. The van der Waals surface area contributed by atoms with E-state index in [1.54, 1.807) is 89.4 Å². The minimum atomic E-state index is -1.50. The van der Waals surface area contributed by atoms with Crippen molar-refractivity contribution in [3.8, 4) is 0 Å². The maximum Gasteiger partial charge on any atom is 0.165 e. The molecule has 0 amide bonds. The number of nitrogen functional groups attached to an aromatic ring is 4. The molecule has 5 aromatic carbocycles. The number of ether oxygens (including phenoxy) is 5. The Morgan fingerprint density at radius 3 is 1.07 bits per heavy atom. The molecule has 133 heavy (non-hydrogen) atoms. The molecule has 5 aliphatic heterocycles. The number of aliphatic hydroxyl groups excluding tert-OH is 12. The molecule has 20 rings (SSSR count). The van der Waals surface area contributed by atoms with Crippen LogP contribution in [0.4, 0.5) is 49.5 Å². The van der Waals surface area contributed by atoms with E-state index in [1.165, 1.54) is 95.5 Å². The van der Waals surface area contributed by atoms with Crippen molar-refractivity contribution < 1.29 is 111 Å². The lowest BCUT2D eigenvalue weighted by Gasteiger charge is -2.22. The molecule has 0 saturated carbocycles. The maximum absolute atomic E-state index is 13.7. The molecule has 44 heteroatoms. The number of nitrogens with two attached hydrogens (primary N) is 4. The number of hydrogen-bond donors (Lipinski definition) is 16. The van der Waals surface area contributed by atoms with Crippen molar-refractivity contribution in [3.63, 3.8) is 0 Å². The largest absolute Gasteiger partial charge is 0.397 e. The highest BCUT2D eigenvalue weighted by molar-refractivity contribution is 6.31. The maximum atomic E-state index is 13.7. The first-order chi connectivity index (χ1) is 63.6. The van der Waals surface area contributed by atoms with Gasteiger partial charge in [-0.25, -0.2) is 76.2 Å².